The zero-order valence-corrected chi connectivity index (χ0v) is 17.4. The number of hydrogen-bond acceptors (Lipinski definition) is 6. The van der Waals surface area contributed by atoms with E-state index in [4.69, 9.17) is 16.2 Å². The van der Waals surface area contributed by atoms with E-state index in [2.05, 4.69) is 5.32 Å². The summed E-state index contributed by atoms with van der Waals surface area (Å²) in [5, 5.41) is 13.5. The zero-order valence-electron chi connectivity index (χ0n) is 17.4. The van der Waals surface area contributed by atoms with E-state index < -0.39 is 35.2 Å². The Morgan fingerprint density at radius 1 is 1.19 bits per heavy atom. The maximum Gasteiger partial charge on any atom is 0.312 e. The second-order valence-electron chi connectivity index (χ2n) is 8.87. The van der Waals surface area contributed by atoms with E-state index in [1.807, 2.05) is 6.92 Å². The van der Waals surface area contributed by atoms with Gasteiger partial charge >= 0.3 is 5.97 Å². The van der Waals surface area contributed by atoms with Gasteiger partial charge in [0.1, 0.15) is 11.7 Å². The lowest BCUT2D eigenvalue weighted by Crippen LogP contribution is -2.70. The van der Waals surface area contributed by atoms with Crippen molar-refractivity contribution in [1.82, 2.24) is 5.32 Å². The second-order valence-corrected chi connectivity index (χ2v) is 8.87. The highest BCUT2D eigenvalue weighted by Gasteiger charge is 2.46. The van der Waals surface area contributed by atoms with Crippen LogP contribution in [-0.4, -0.2) is 40.9 Å². The first kappa shape index (κ1) is 23.9. The van der Waals surface area contributed by atoms with Gasteiger partial charge in [0, 0.05) is 6.54 Å². The van der Waals surface area contributed by atoms with E-state index in [1.54, 1.807) is 20.8 Å². The molecule has 7 heteroatoms. The van der Waals surface area contributed by atoms with E-state index >= 15 is 0 Å². The molecule has 1 amide bonds. The Kier molecular flexibility index (Phi) is 9.18. The van der Waals surface area contributed by atoms with Crippen molar-refractivity contribution < 1.29 is 19.4 Å². The van der Waals surface area contributed by atoms with Crippen LogP contribution in [0.15, 0.2) is 0 Å². The number of carbonyl (C=O) groups excluding carboxylic acids is 2. The molecule has 7 nitrogen and oxygen atoms in total. The van der Waals surface area contributed by atoms with Crippen molar-refractivity contribution >= 4 is 11.9 Å². The minimum Gasteiger partial charge on any atom is -0.460 e. The normalized spacial score (nSPS) is 18.6. The summed E-state index contributed by atoms with van der Waals surface area (Å²) in [5.74, 6) is -1.84. The summed E-state index contributed by atoms with van der Waals surface area (Å²) in [6.45, 7) is 7.74. The summed E-state index contributed by atoms with van der Waals surface area (Å²) in [7, 11) is 0. The molecule has 1 aliphatic carbocycles. The number of ether oxygens (including phenoxy) is 1. The molecule has 0 unspecified atom stereocenters. The summed E-state index contributed by atoms with van der Waals surface area (Å²) in [4.78, 5) is 25.2. The smallest absolute Gasteiger partial charge is 0.312 e. The Labute approximate surface area is 163 Å². The van der Waals surface area contributed by atoms with Gasteiger partial charge in [0.15, 0.2) is 5.66 Å². The molecule has 1 aliphatic rings. The number of amides is 1. The third-order valence-electron chi connectivity index (χ3n) is 5.10. The largest absolute Gasteiger partial charge is 0.460 e. The zero-order chi connectivity index (χ0) is 20.7. The monoisotopic (exact) mass is 385 g/mol. The maximum atomic E-state index is 12.8. The third kappa shape index (κ3) is 7.76. The van der Waals surface area contributed by atoms with E-state index in [0.29, 0.717) is 18.9 Å². The Hall–Kier alpha value is -1.18. The van der Waals surface area contributed by atoms with E-state index in [-0.39, 0.29) is 0 Å². The summed E-state index contributed by atoms with van der Waals surface area (Å²) in [5.41, 5.74) is 9.25. The van der Waals surface area contributed by atoms with Crippen LogP contribution in [0, 0.1) is 11.8 Å². The van der Waals surface area contributed by atoms with Crippen LogP contribution in [0.25, 0.3) is 0 Å². The van der Waals surface area contributed by atoms with Crippen LogP contribution in [0.4, 0.5) is 0 Å². The lowest BCUT2D eigenvalue weighted by Gasteiger charge is -2.36. The fourth-order valence-electron chi connectivity index (χ4n) is 3.51. The standard InChI is InChI=1S/C20H39N3O4/c1-5-6-12-23-18(26)20(21,22)16(24)15(17(25)27-19(2,3)4)13-14-10-8-7-9-11-14/h14-16,24H,5-13,21-22H2,1-4H3,(H,23,26)/t15-,16+/m0/s1. The first-order chi connectivity index (χ1) is 12.5. The molecule has 1 saturated carbocycles. The van der Waals surface area contributed by atoms with Crippen molar-refractivity contribution in [2.24, 2.45) is 23.3 Å². The molecule has 0 aliphatic heterocycles. The molecular weight excluding hydrogens is 346 g/mol. The quantitative estimate of drug-likeness (QED) is 0.272. The Morgan fingerprint density at radius 2 is 1.78 bits per heavy atom. The fraction of sp³-hybridized carbons (Fsp3) is 0.900. The maximum absolute atomic E-state index is 12.8. The highest BCUT2D eigenvalue weighted by molar-refractivity contribution is 5.87. The van der Waals surface area contributed by atoms with Gasteiger partial charge in [-0.1, -0.05) is 45.4 Å². The third-order valence-corrected chi connectivity index (χ3v) is 5.10. The summed E-state index contributed by atoms with van der Waals surface area (Å²) >= 11 is 0. The van der Waals surface area contributed by atoms with E-state index in [9.17, 15) is 14.7 Å². The highest BCUT2D eigenvalue weighted by atomic mass is 16.6. The van der Waals surface area contributed by atoms with E-state index in [0.717, 1.165) is 38.5 Å². The fourth-order valence-corrected chi connectivity index (χ4v) is 3.51. The Balaban J connectivity index is 2.93. The predicted octanol–water partition coefficient (Wildman–Crippen LogP) is 1.81. The molecule has 0 saturated heterocycles. The van der Waals surface area contributed by atoms with Gasteiger partial charge < -0.3 is 26.6 Å². The van der Waals surface area contributed by atoms with Crippen molar-refractivity contribution in [3.8, 4) is 0 Å². The number of aliphatic hydroxyl groups excluding tert-OH is 1. The average Bonchev–Trinajstić information content (AvgIpc) is 2.58. The van der Waals surface area contributed by atoms with Gasteiger partial charge in [-0.3, -0.25) is 9.59 Å². The van der Waals surface area contributed by atoms with Gasteiger partial charge in [0.05, 0.1) is 5.92 Å². The molecule has 0 aromatic heterocycles. The van der Waals surface area contributed by atoms with Crippen LogP contribution in [0.5, 0.6) is 0 Å². The SMILES string of the molecule is CCCCNC(=O)C(N)(N)[C@H](O)[C@H](CC1CCCCC1)C(=O)OC(C)(C)C. The number of rotatable bonds is 9. The molecule has 6 N–H and O–H groups in total. The van der Waals surface area contributed by atoms with Crippen LogP contribution in [0.2, 0.25) is 0 Å². The summed E-state index contributed by atoms with van der Waals surface area (Å²) < 4.78 is 5.49. The minimum absolute atomic E-state index is 0.296. The molecule has 1 rings (SSSR count). The van der Waals surface area contributed by atoms with Gasteiger partial charge in [0.2, 0.25) is 0 Å². The Morgan fingerprint density at radius 3 is 2.30 bits per heavy atom. The highest BCUT2D eigenvalue weighted by Crippen LogP contribution is 2.32. The molecule has 2 atom stereocenters. The lowest BCUT2D eigenvalue weighted by atomic mass is 9.78. The van der Waals surface area contributed by atoms with Crippen molar-refractivity contribution in [3.63, 3.8) is 0 Å². The van der Waals surface area contributed by atoms with Crippen LogP contribution < -0.4 is 16.8 Å². The first-order valence-corrected chi connectivity index (χ1v) is 10.3. The summed E-state index contributed by atoms with van der Waals surface area (Å²) in [6, 6.07) is 0. The van der Waals surface area contributed by atoms with E-state index in [1.165, 1.54) is 6.42 Å². The molecule has 0 spiro atoms. The molecule has 1 fully saturated rings. The van der Waals surface area contributed by atoms with Crippen LogP contribution in [-0.2, 0) is 14.3 Å². The van der Waals surface area contributed by atoms with Crippen molar-refractivity contribution in [1.29, 1.82) is 0 Å². The van der Waals surface area contributed by atoms with Gasteiger partial charge in [-0.25, -0.2) is 0 Å². The molecular formula is C20H39N3O4. The number of esters is 1. The summed E-state index contributed by atoms with van der Waals surface area (Å²) in [6.07, 6.45) is 6.00. The van der Waals surface area contributed by atoms with Gasteiger partial charge in [-0.05, 0) is 39.5 Å². The van der Waals surface area contributed by atoms with Crippen molar-refractivity contribution in [2.75, 3.05) is 6.54 Å². The topological polar surface area (TPSA) is 128 Å². The second kappa shape index (κ2) is 10.4. The predicted molar refractivity (Wildman–Crippen MR) is 106 cm³/mol. The van der Waals surface area contributed by atoms with Crippen LogP contribution in [0.1, 0.15) is 79.1 Å². The van der Waals surface area contributed by atoms with Crippen LogP contribution >= 0.6 is 0 Å². The number of nitrogens with two attached hydrogens (primary N) is 2. The molecule has 158 valence electrons. The van der Waals surface area contributed by atoms with Gasteiger partial charge in [0.25, 0.3) is 5.91 Å². The van der Waals surface area contributed by atoms with Gasteiger partial charge in [-0.2, -0.15) is 0 Å². The average molecular weight is 386 g/mol. The number of nitrogens with one attached hydrogen (secondary N) is 1. The molecule has 0 radical (unpaired) electrons. The number of carbonyl (C=O) groups is 2. The van der Waals surface area contributed by atoms with Crippen molar-refractivity contribution in [3.05, 3.63) is 0 Å². The minimum atomic E-state index is -2.05. The van der Waals surface area contributed by atoms with Crippen molar-refractivity contribution in [2.45, 2.75) is 96.4 Å². The van der Waals surface area contributed by atoms with Crippen LogP contribution in [0.3, 0.4) is 0 Å². The molecule has 0 aromatic carbocycles. The lowest BCUT2D eigenvalue weighted by molar-refractivity contribution is -0.168. The Bertz CT molecular complexity index is 482. The molecule has 0 bridgehead atoms. The molecule has 27 heavy (non-hydrogen) atoms. The number of aliphatic hydroxyl groups is 1. The molecule has 0 heterocycles. The van der Waals surface area contributed by atoms with Gasteiger partial charge in [-0.15, -0.1) is 0 Å². The number of unbranched alkanes of at least 4 members (excludes halogenated alkanes) is 1. The number of hydrogen-bond donors (Lipinski definition) is 4. The first-order valence-electron chi connectivity index (χ1n) is 10.3. The molecule has 0 aromatic rings.